The Morgan fingerprint density at radius 3 is 1.65 bits per heavy atom. The summed E-state index contributed by atoms with van der Waals surface area (Å²) in [4.78, 5) is 0. The molecule has 108 valence electrons. The van der Waals surface area contributed by atoms with Crippen molar-refractivity contribution in [2.24, 2.45) is 0 Å². The molecule has 0 amide bonds. The van der Waals surface area contributed by atoms with Crippen molar-refractivity contribution < 1.29 is 9.47 Å². The van der Waals surface area contributed by atoms with Gasteiger partial charge in [-0.2, -0.15) is 0 Å². The van der Waals surface area contributed by atoms with Gasteiger partial charge in [0.2, 0.25) is 0 Å². The third-order valence-electron chi connectivity index (χ3n) is 3.40. The second-order valence-electron chi connectivity index (χ2n) is 4.51. The molecule has 0 heterocycles. The maximum absolute atomic E-state index is 5.31. The fourth-order valence-electron chi connectivity index (χ4n) is 2.38. The summed E-state index contributed by atoms with van der Waals surface area (Å²) in [5, 5.41) is 0. The van der Waals surface area contributed by atoms with Gasteiger partial charge in [-0.1, -0.05) is 31.2 Å². The van der Waals surface area contributed by atoms with Crippen molar-refractivity contribution in [3.63, 3.8) is 0 Å². The lowest BCUT2D eigenvalue weighted by atomic mass is 9.89. The minimum Gasteiger partial charge on any atom is -0.497 e. The van der Waals surface area contributed by atoms with Crippen LogP contribution in [0.25, 0.3) is 0 Å². The van der Waals surface area contributed by atoms with E-state index < -0.39 is 0 Å². The summed E-state index contributed by atoms with van der Waals surface area (Å²) in [7, 11) is 3.40. The van der Waals surface area contributed by atoms with Gasteiger partial charge in [-0.25, -0.2) is 0 Å². The molecule has 0 aliphatic carbocycles. The highest BCUT2D eigenvalue weighted by Gasteiger charge is 2.13. The van der Waals surface area contributed by atoms with E-state index in [1.54, 1.807) is 14.2 Å². The molecule has 0 radical (unpaired) electrons. The summed E-state index contributed by atoms with van der Waals surface area (Å²) in [6.07, 6.45) is 1.04. The second-order valence-corrected chi connectivity index (χ2v) is 4.51. The Bertz CT molecular complexity index is 493. The van der Waals surface area contributed by atoms with Crippen LogP contribution in [0.15, 0.2) is 48.5 Å². The van der Waals surface area contributed by atoms with E-state index in [0.29, 0.717) is 5.92 Å². The van der Waals surface area contributed by atoms with E-state index in [0.717, 1.165) is 17.9 Å². The Hall–Kier alpha value is -2.00. The Labute approximate surface area is 121 Å². The van der Waals surface area contributed by atoms with Crippen LogP contribution < -0.4 is 15.6 Å². The molecule has 0 aromatic heterocycles. The fraction of sp³-hybridized carbons (Fsp3) is 0.294. The molecule has 0 saturated heterocycles. The molecule has 0 unspecified atom stereocenters. The van der Waals surface area contributed by atoms with Crippen molar-refractivity contribution >= 4 is 0 Å². The molecule has 0 atom stereocenters. The van der Waals surface area contributed by atoms with Crippen LogP contribution in [0, 0.1) is 0 Å². The molecule has 0 spiro atoms. The fourth-order valence-corrected chi connectivity index (χ4v) is 2.38. The first-order valence-electron chi connectivity index (χ1n) is 6.56. The van der Waals surface area contributed by atoms with Gasteiger partial charge >= 0.3 is 0 Å². The Morgan fingerprint density at radius 1 is 0.850 bits per heavy atom. The van der Waals surface area contributed by atoms with Gasteiger partial charge in [-0.3, -0.25) is 0 Å². The van der Waals surface area contributed by atoms with E-state index in [4.69, 9.17) is 9.47 Å². The van der Waals surface area contributed by atoms with E-state index in [2.05, 4.69) is 31.2 Å². The summed E-state index contributed by atoms with van der Waals surface area (Å²) >= 11 is 0. The normalized spacial score (nSPS) is 10.0. The SMILES string of the molecule is CCC(c1cccc(OC)c1)c1cccc(OC)c1.N. The zero-order valence-corrected chi connectivity index (χ0v) is 12.4. The molecule has 0 aliphatic heterocycles. The molecule has 0 bridgehead atoms. The number of benzene rings is 2. The Balaban J connectivity index is 0.00000200. The van der Waals surface area contributed by atoms with Crippen LogP contribution in [0.5, 0.6) is 11.5 Å². The highest BCUT2D eigenvalue weighted by atomic mass is 16.5. The van der Waals surface area contributed by atoms with E-state index in [9.17, 15) is 0 Å². The molecular weight excluding hydrogens is 250 g/mol. The van der Waals surface area contributed by atoms with Gasteiger partial charge in [0.1, 0.15) is 11.5 Å². The summed E-state index contributed by atoms with van der Waals surface area (Å²) in [6, 6.07) is 16.5. The average molecular weight is 273 g/mol. The zero-order chi connectivity index (χ0) is 13.7. The summed E-state index contributed by atoms with van der Waals surface area (Å²) in [5.41, 5.74) is 2.55. The largest absolute Gasteiger partial charge is 0.497 e. The van der Waals surface area contributed by atoms with Crippen LogP contribution in [0.1, 0.15) is 30.4 Å². The highest BCUT2D eigenvalue weighted by molar-refractivity contribution is 5.39. The Kier molecular flexibility index (Phi) is 6.07. The van der Waals surface area contributed by atoms with Crippen molar-refractivity contribution in [3.8, 4) is 11.5 Å². The van der Waals surface area contributed by atoms with Crippen LogP contribution in [0.4, 0.5) is 0 Å². The number of methoxy groups -OCH3 is 2. The topological polar surface area (TPSA) is 53.5 Å². The van der Waals surface area contributed by atoms with Crippen LogP contribution in [-0.4, -0.2) is 14.2 Å². The van der Waals surface area contributed by atoms with Gasteiger partial charge in [0.05, 0.1) is 14.2 Å². The maximum atomic E-state index is 5.31. The van der Waals surface area contributed by atoms with Gasteiger partial charge in [-0.15, -0.1) is 0 Å². The molecule has 3 heteroatoms. The molecule has 20 heavy (non-hydrogen) atoms. The lowest BCUT2D eigenvalue weighted by molar-refractivity contribution is 0.413. The second kappa shape index (κ2) is 7.56. The predicted octanol–water partition coefficient (Wildman–Crippen LogP) is 4.41. The van der Waals surface area contributed by atoms with Crippen molar-refractivity contribution in [2.45, 2.75) is 19.3 Å². The van der Waals surface area contributed by atoms with Gasteiger partial charge < -0.3 is 15.6 Å². The maximum Gasteiger partial charge on any atom is 0.119 e. The average Bonchev–Trinajstić information content (AvgIpc) is 2.48. The van der Waals surface area contributed by atoms with Crippen molar-refractivity contribution in [1.29, 1.82) is 0 Å². The van der Waals surface area contributed by atoms with Crippen LogP contribution in [0.2, 0.25) is 0 Å². The van der Waals surface area contributed by atoms with E-state index >= 15 is 0 Å². The van der Waals surface area contributed by atoms with Crippen molar-refractivity contribution in [1.82, 2.24) is 6.15 Å². The zero-order valence-electron chi connectivity index (χ0n) is 12.4. The molecular formula is C17H23NO2. The molecule has 2 aromatic rings. The molecule has 0 aliphatic rings. The van der Waals surface area contributed by atoms with E-state index in [1.165, 1.54) is 11.1 Å². The van der Waals surface area contributed by atoms with Crippen LogP contribution in [-0.2, 0) is 0 Å². The number of ether oxygens (including phenoxy) is 2. The predicted molar refractivity (Wildman–Crippen MR) is 83.1 cm³/mol. The molecule has 0 fully saturated rings. The molecule has 3 nitrogen and oxygen atoms in total. The minimum atomic E-state index is 0. The third kappa shape index (κ3) is 3.52. The van der Waals surface area contributed by atoms with Crippen molar-refractivity contribution in [3.05, 3.63) is 59.7 Å². The monoisotopic (exact) mass is 273 g/mol. The number of hydrogen-bond donors (Lipinski definition) is 1. The quantitative estimate of drug-likeness (QED) is 0.878. The first-order valence-corrected chi connectivity index (χ1v) is 6.56. The van der Waals surface area contributed by atoms with E-state index in [-0.39, 0.29) is 6.15 Å². The van der Waals surface area contributed by atoms with Crippen molar-refractivity contribution in [2.75, 3.05) is 14.2 Å². The smallest absolute Gasteiger partial charge is 0.119 e. The Morgan fingerprint density at radius 2 is 1.30 bits per heavy atom. The number of rotatable bonds is 5. The summed E-state index contributed by atoms with van der Waals surface area (Å²) in [5.74, 6) is 2.17. The molecule has 2 rings (SSSR count). The van der Waals surface area contributed by atoms with Gasteiger partial charge in [0.25, 0.3) is 0 Å². The summed E-state index contributed by atoms with van der Waals surface area (Å²) < 4.78 is 10.6. The third-order valence-corrected chi connectivity index (χ3v) is 3.40. The van der Waals surface area contributed by atoms with Gasteiger partial charge in [0, 0.05) is 5.92 Å². The van der Waals surface area contributed by atoms with Crippen LogP contribution >= 0.6 is 0 Å². The molecule has 3 N–H and O–H groups in total. The molecule has 2 aromatic carbocycles. The first-order chi connectivity index (χ1) is 9.28. The van der Waals surface area contributed by atoms with Gasteiger partial charge in [-0.05, 0) is 41.8 Å². The highest BCUT2D eigenvalue weighted by Crippen LogP contribution is 2.31. The minimum absolute atomic E-state index is 0. The lowest BCUT2D eigenvalue weighted by Gasteiger charge is -2.17. The lowest BCUT2D eigenvalue weighted by Crippen LogP contribution is -2.00. The first kappa shape index (κ1) is 16.1. The molecule has 0 saturated carbocycles. The van der Waals surface area contributed by atoms with E-state index in [1.807, 2.05) is 24.3 Å². The summed E-state index contributed by atoms with van der Waals surface area (Å²) in [6.45, 7) is 2.20. The number of hydrogen-bond acceptors (Lipinski definition) is 3. The van der Waals surface area contributed by atoms with Crippen LogP contribution in [0.3, 0.4) is 0 Å². The van der Waals surface area contributed by atoms with Gasteiger partial charge in [0.15, 0.2) is 0 Å². The standard InChI is InChI=1S/C17H20O2.H3N/c1-4-17(13-7-5-9-15(11-13)18-2)14-8-6-10-16(12-14)19-3;/h5-12,17H,4H2,1-3H3;1H3.